The van der Waals surface area contributed by atoms with Gasteiger partial charge in [0.25, 0.3) is 11.8 Å². The van der Waals surface area contributed by atoms with Crippen molar-refractivity contribution >= 4 is 23.3 Å². The number of rotatable bonds is 7. The summed E-state index contributed by atoms with van der Waals surface area (Å²) < 4.78 is 5.46. The summed E-state index contributed by atoms with van der Waals surface area (Å²) in [6.07, 6.45) is 4.26. The standard InChI is InChI=1S/C22H24N2O4/c1-15(25)16-10-12-18(13-11-16)28-14-21(26)24-20-9-5-4-8-19(20)22(27)23-17-6-2-3-7-17/h4-5,8-13,17H,2-3,6-7,14H2,1H3,(H,23,27)(H,24,26). The van der Waals surface area contributed by atoms with E-state index < -0.39 is 0 Å². The predicted octanol–water partition coefficient (Wildman–Crippen LogP) is 3.58. The molecule has 0 saturated heterocycles. The van der Waals surface area contributed by atoms with Gasteiger partial charge in [0.05, 0.1) is 11.3 Å². The van der Waals surface area contributed by atoms with Crippen LogP contribution in [0.4, 0.5) is 5.69 Å². The molecule has 1 aliphatic rings. The molecule has 1 saturated carbocycles. The molecule has 3 rings (SSSR count). The number of Topliss-reactive ketones (excluding diaryl/α,β-unsaturated/α-hetero) is 1. The molecule has 0 aromatic heterocycles. The summed E-state index contributed by atoms with van der Waals surface area (Å²) in [4.78, 5) is 36.1. The lowest BCUT2D eigenvalue weighted by molar-refractivity contribution is -0.118. The van der Waals surface area contributed by atoms with Crippen LogP contribution in [0, 0.1) is 0 Å². The van der Waals surface area contributed by atoms with Crippen LogP contribution in [-0.2, 0) is 4.79 Å². The number of hydrogen-bond donors (Lipinski definition) is 2. The molecular formula is C22H24N2O4. The summed E-state index contributed by atoms with van der Waals surface area (Å²) in [6.45, 7) is 1.29. The molecule has 0 atom stereocenters. The number of benzene rings is 2. The number of amides is 2. The normalized spacial score (nSPS) is 13.8. The molecule has 6 nitrogen and oxygen atoms in total. The van der Waals surface area contributed by atoms with Gasteiger partial charge < -0.3 is 15.4 Å². The monoisotopic (exact) mass is 380 g/mol. The van der Waals surface area contributed by atoms with Crippen LogP contribution in [0.1, 0.15) is 53.3 Å². The SMILES string of the molecule is CC(=O)c1ccc(OCC(=O)Nc2ccccc2C(=O)NC2CCCC2)cc1. The molecule has 1 fully saturated rings. The van der Waals surface area contributed by atoms with E-state index in [0.717, 1.165) is 25.7 Å². The van der Waals surface area contributed by atoms with E-state index >= 15 is 0 Å². The van der Waals surface area contributed by atoms with E-state index in [1.807, 2.05) is 0 Å². The Bertz CT molecular complexity index is 855. The lowest BCUT2D eigenvalue weighted by Gasteiger charge is -2.15. The van der Waals surface area contributed by atoms with Crippen molar-refractivity contribution in [2.75, 3.05) is 11.9 Å². The van der Waals surface area contributed by atoms with Crippen LogP contribution in [0.2, 0.25) is 0 Å². The van der Waals surface area contributed by atoms with E-state index in [-0.39, 0.29) is 30.2 Å². The molecule has 146 valence electrons. The predicted molar refractivity (Wildman–Crippen MR) is 107 cm³/mol. The molecule has 2 amide bonds. The van der Waals surface area contributed by atoms with Gasteiger partial charge in [0.15, 0.2) is 12.4 Å². The summed E-state index contributed by atoms with van der Waals surface area (Å²) in [7, 11) is 0. The fourth-order valence-electron chi connectivity index (χ4n) is 3.24. The molecule has 0 spiro atoms. The highest BCUT2D eigenvalue weighted by molar-refractivity contribution is 6.04. The third kappa shape index (κ3) is 5.19. The van der Waals surface area contributed by atoms with Gasteiger partial charge in [-0.1, -0.05) is 25.0 Å². The molecule has 28 heavy (non-hydrogen) atoms. The second-order valence-electron chi connectivity index (χ2n) is 6.92. The maximum Gasteiger partial charge on any atom is 0.262 e. The molecule has 0 heterocycles. The smallest absolute Gasteiger partial charge is 0.262 e. The topological polar surface area (TPSA) is 84.5 Å². The van der Waals surface area contributed by atoms with E-state index in [4.69, 9.17) is 4.74 Å². The Morgan fingerprint density at radius 1 is 1.00 bits per heavy atom. The van der Waals surface area contributed by atoms with Crippen LogP contribution in [0.3, 0.4) is 0 Å². The fraction of sp³-hybridized carbons (Fsp3) is 0.318. The highest BCUT2D eigenvalue weighted by Gasteiger charge is 2.20. The number of carbonyl (C=O) groups is 3. The number of para-hydroxylation sites is 1. The molecule has 2 aromatic rings. The van der Waals surface area contributed by atoms with Crippen molar-refractivity contribution < 1.29 is 19.1 Å². The van der Waals surface area contributed by atoms with Crippen molar-refractivity contribution in [1.82, 2.24) is 5.32 Å². The summed E-state index contributed by atoms with van der Waals surface area (Å²) in [5, 5.41) is 5.77. The van der Waals surface area contributed by atoms with Crippen LogP contribution >= 0.6 is 0 Å². The Balaban J connectivity index is 1.57. The molecular weight excluding hydrogens is 356 g/mol. The first kappa shape index (κ1) is 19.6. The minimum absolute atomic E-state index is 0.0308. The van der Waals surface area contributed by atoms with Gasteiger partial charge in [-0.2, -0.15) is 0 Å². The van der Waals surface area contributed by atoms with Gasteiger partial charge in [-0.3, -0.25) is 14.4 Å². The average Bonchev–Trinajstić information content (AvgIpc) is 3.20. The Morgan fingerprint density at radius 3 is 2.36 bits per heavy atom. The first-order valence-corrected chi connectivity index (χ1v) is 9.46. The van der Waals surface area contributed by atoms with Crippen molar-refractivity contribution in [3.05, 3.63) is 59.7 Å². The van der Waals surface area contributed by atoms with E-state index in [1.54, 1.807) is 48.5 Å². The minimum atomic E-state index is -0.364. The van der Waals surface area contributed by atoms with Crippen LogP contribution < -0.4 is 15.4 Å². The first-order valence-electron chi connectivity index (χ1n) is 9.46. The van der Waals surface area contributed by atoms with Crippen LogP contribution in [0.5, 0.6) is 5.75 Å². The molecule has 1 aliphatic carbocycles. The van der Waals surface area contributed by atoms with E-state index in [1.165, 1.54) is 6.92 Å². The molecule has 2 aromatic carbocycles. The maximum atomic E-state index is 12.5. The third-order valence-corrected chi connectivity index (χ3v) is 4.77. The average molecular weight is 380 g/mol. The number of hydrogen-bond acceptors (Lipinski definition) is 4. The van der Waals surface area contributed by atoms with Crippen LogP contribution in [0.15, 0.2) is 48.5 Å². The van der Waals surface area contributed by atoms with E-state index in [0.29, 0.717) is 22.6 Å². The fourth-order valence-corrected chi connectivity index (χ4v) is 3.24. The summed E-state index contributed by atoms with van der Waals surface area (Å²) in [6, 6.07) is 13.7. The highest BCUT2D eigenvalue weighted by atomic mass is 16.5. The van der Waals surface area contributed by atoms with Gasteiger partial charge in [0, 0.05) is 11.6 Å². The molecule has 2 N–H and O–H groups in total. The van der Waals surface area contributed by atoms with Gasteiger partial charge in [-0.05, 0) is 56.2 Å². The summed E-state index contributed by atoms with van der Waals surface area (Å²) in [5.41, 5.74) is 1.48. The number of nitrogens with one attached hydrogen (secondary N) is 2. The molecule has 0 bridgehead atoms. The van der Waals surface area contributed by atoms with Gasteiger partial charge in [0.2, 0.25) is 0 Å². The number of ketones is 1. The second kappa shape index (κ2) is 9.17. The maximum absolute atomic E-state index is 12.5. The largest absolute Gasteiger partial charge is 0.484 e. The second-order valence-corrected chi connectivity index (χ2v) is 6.92. The zero-order chi connectivity index (χ0) is 19.9. The van der Waals surface area contributed by atoms with Gasteiger partial charge >= 0.3 is 0 Å². The van der Waals surface area contributed by atoms with E-state index in [9.17, 15) is 14.4 Å². The zero-order valence-electron chi connectivity index (χ0n) is 15.9. The Kier molecular flexibility index (Phi) is 6.42. The van der Waals surface area contributed by atoms with Gasteiger partial charge in [-0.15, -0.1) is 0 Å². The van der Waals surface area contributed by atoms with Crippen LogP contribution in [0.25, 0.3) is 0 Å². The van der Waals surface area contributed by atoms with Crippen molar-refractivity contribution in [1.29, 1.82) is 0 Å². The quantitative estimate of drug-likeness (QED) is 0.719. The highest BCUT2D eigenvalue weighted by Crippen LogP contribution is 2.20. The van der Waals surface area contributed by atoms with Crippen molar-refractivity contribution in [2.24, 2.45) is 0 Å². The van der Waals surface area contributed by atoms with Crippen molar-refractivity contribution in [3.8, 4) is 5.75 Å². The molecule has 0 unspecified atom stereocenters. The number of anilines is 1. The Morgan fingerprint density at radius 2 is 1.68 bits per heavy atom. The summed E-state index contributed by atoms with van der Waals surface area (Å²) >= 11 is 0. The van der Waals surface area contributed by atoms with Crippen LogP contribution in [-0.4, -0.2) is 30.2 Å². The lowest BCUT2D eigenvalue weighted by Crippen LogP contribution is -2.33. The Hall–Kier alpha value is -3.15. The van der Waals surface area contributed by atoms with Gasteiger partial charge in [0.1, 0.15) is 5.75 Å². The van der Waals surface area contributed by atoms with Crippen molar-refractivity contribution in [2.45, 2.75) is 38.6 Å². The lowest BCUT2D eigenvalue weighted by atomic mass is 10.1. The third-order valence-electron chi connectivity index (χ3n) is 4.77. The zero-order valence-corrected chi connectivity index (χ0v) is 15.9. The Labute approximate surface area is 164 Å². The van der Waals surface area contributed by atoms with E-state index in [2.05, 4.69) is 10.6 Å². The minimum Gasteiger partial charge on any atom is -0.484 e. The molecule has 6 heteroatoms. The number of ether oxygens (including phenoxy) is 1. The first-order chi connectivity index (χ1) is 13.5. The molecule has 0 radical (unpaired) electrons. The van der Waals surface area contributed by atoms with Gasteiger partial charge in [-0.25, -0.2) is 0 Å². The number of carbonyl (C=O) groups excluding carboxylic acids is 3. The van der Waals surface area contributed by atoms with Crippen molar-refractivity contribution in [3.63, 3.8) is 0 Å². The molecule has 0 aliphatic heterocycles. The summed E-state index contributed by atoms with van der Waals surface area (Å²) in [5.74, 6) is -0.0792.